The van der Waals surface area contributed by atoms with Crippen molar-refractivity contribution in [1.29, 1.82) is 0 Å². The van der Waals surface area contributed by atoms with E-state index in [4.69, 9.17) is 21.1 Å². The molecule has 3 nitrogen and oxygen atoms in total. The molecule has 0 fully saturated rings. The molecular weight excluding hydrogens is 192 g/mol. The quantitative estimate of drug-likeness (QED) is 0.742. The average molecular weight is 200 g/mol. The highest BCUT2D eigenvalue weighted by Crippen LogP contribution is 2.28. The summed E-state index contributed by atoms with van der Waals surface area (Å²) in [7, 11) is 1.53. The molecule has 0 unspecified atom stereocenters. The Kier molecular flexibility index (Phi) is 3.58. The average Bonchev–Trinajstić information content (AvgIpc) is 2.15. The molecule has 0 saturated heterocycles. The van der Waals surface area contributed by atoms with Gasteiger partial charge in [0.15, 0.2) is 6.61 Å². The van der Waals surface area contributed by atoms with Gasteiger partial charge in [0, 0.05) is 6.07 Å². The van der Waals surface area contributed by atoms with Crippen LogP contribution in [0.5, 0.6) is 11.5 Å². The van der Waals surface area contributed by atoms with E-state index in [9.17, 15) is 4.79 Å². The van der Waals surface area contributed by atoms with Crippen molar-refractivity contribution in [2.45, 2.75) is 0 Å². The first-order valence-corrected chi connectivity index (χ1v) is 3.97. The molecule has 13 heavy (non-hydrogen) atoms. The van der Waals surface area contributed by atoms with E-state index < -0.39 is 0 Å². The Morgan fingerprint density at radius 2 is 2.31 bits per heavy atom. The van der Waals surface area contributed by atoms with Crippen LogP contribution in [0.4, 0.5) is 0 Å². The molecule has 0 spiro atoms. The normalized spacial score (nSPS) is 9.38. The molecule has 1 aromatic rings. The molecule has 0 aliphatic carbocycles. The number of benzene rings is 1. The third-order valence-corrected chi connectivity index (χ3v) is 1.72. The second kappa shape index (κ2) is 4.72. The summed E-state index contributed by atoms with van der Waals surface area (Å²) >= 11 is 5.80. The van der Waals surface area contributed by atoms with Crippen LogP contribution in [0.1, 0.15) is 0 Å². The molecule has 4 heteroatoms. The Labute approximate surface area is 81.2 Å². The molecule has 69 valence electrons. The van der Waals surface area contributed by atoms with Crippen molar-refractivity contribution in [2.24, 2.45) is 0 Å². The fourth-order valence-electron chi connectivity index (χ4n) is 0.850. The van der Waals surface area contributed by atoms with E-state index in [2.05, 4.69) is 0 Å². The predicted molar refractivity (Wildman–Crippen MR) is 49.2 cm³/mol. The van der Waals surface area contributed by atoms with Crippen molar-refractivity contribution in [1.82, 2.24) is 0 Å². The lowest BCUT2D eigenvalue weighted by molar-refractivity contribution is 0.363. The molecule has 0 aliphatic heterocycles. The van der Waals surface area contributed by atoms with E-state index in [0.29, 0.717) is 16.5 Å². The summed E-state index contributed by atoms with van der Waals surface area (Å²) in [4.78, 5) is 9.88. The summed E-state index contributed by atoms with van der Waals surface area (Å²) in [5.74, 6) is 1.10. The zero-order valence-electron chi connectivity index (χ0n) is 7.04. The van der Waals surface area contributed by atoms with Crippen LogP contribution < -0.4 is 9.47 Å². The minimum atomic E-state index is -0.0946. The maximum absolute atomic E-state index is 9.88. The molecule has 0 bridgehead atoms. The number of ether oxygens (including phenoxy) is 2. The lowest BCUT2D eigenvalue weighted by atomic mass is 10.3. The van der Waals surface area contributed by atoms with Gasteiger partial charge in [0.1, 0.15) is 11.5 Å². The van der Waals surface area contributed by atoms with Crippen molar-refractivity contribution >= 4 is 17.9 Å². The minimum Gasteiger partial charge on any atom is -0.495 e. The lowest BCUT2D eigenvalue weighted by Crippen LogP contribution is -1.97. The zero-order valence-corrected chi connectivity index (χ0v) is 7.80. The fourth-order valence-corrected chi connectivity index (χ4v) is 1.10. The number of methoxy groups -OCH3 is 1. The van der Waals surface area contributed by atoms with Gasteiger partial charge in [0.2, 0.25) is 6.29 Å². The summed E-state index contributed by atoms with van der Waals surface area (Å²) < 4.78 is 9.91. The molecule has 0 N–H and O–H groups in total. The smallest absolute Gasteiger partial charge is 0.239 e. The summed E-state index contributed by atoms with van der Waals surface area (Å²) in [5, 5.41) is 0.450. The molecule has 1 radical (unpaired) electrons. The Morgan fingerprint density at radius 3 is 2.85 bits per heavy atom. The first-order valence-electron chi connectivity index (χ1n) is 3.59. The second-order valence-corrected chi connectivity index (χ2v) is 2.64. The van der Waals surface area contributed by atoms with Crippen molar-refractivity contribution in [2.75, 3.05) is 13.7 Å². The van der Waals surface area contributed by atoms with Gasteiger partial charge >= 0.3 is 0 Å². The molecular formula is C9H8ClO3. The van der Waals surface area contributed by atoms with Gasteiger partial charge in [0.25, 0.3) is 0 Å². The number of carbonyl (C=O) groups excluding carboxylic acids is 1. The lowest BCUT2D eigenvalue weighted by Gasteiger charge is -2.05. The zero-order chi connectivity index (χ0) is 9.68. The molecule has 0 saturated carbocycles. The van der Waals surface area contributed by atoms with E-state index in [1.165, 1.54) is 7.11 Å². The molecule has 0 atom stereocenters. The Morgan fingerprint density at radius 1 is 1.54 bits per heavy atom. The number of hydrogen-bond donors (Lipinski definition) is 0. The first-order chi connectivity index (χ1) is 6.27. The standard InChI is InChI=1S/C9H8ClO3/c1-12-9-3-2-7(6-8(9)10)13-5-4-11/h2-3,6H,5H2,1H3. The van der Waals surface area contributed by atoms with Crippen molar-refractivity contribution in [3.05, 3.63) is 23.2 Å². The summed E-state index contributed by atoms with van der Waals surface area (Å²) in [6.07, 6.45) is 1.62. The summed E-state index contributed by atoms with van der Waals surface area (Å²) in [6, 6.07) is 4.92. The molecule has 0 aliphatic rings. The van der Waals surface area contributed by atoms with Crippen LogP contribution in [0.25, 0.3) is 0 Å². The van der Waals surface area contributed by atoms with Gasteiger partial charge in [-0.3, -0.25) is 4.79 Å². The van der Waals surface area contributed by atoms with E-state index in [-0.39, 0.29) is 6.61 Å². The Balaban J connectivity index is 2.76. The molecule has 0 amide bonds. The Hall–Kier alpha value is -1.22. The topological polar surface area (TPSA) is 35.5 Å². The van der Waals surface area contributed by atoms with Gasteiger partial charge in [-0.2, -0.15) is 0 Å². The van der Waals surface area contributed by atoms with Gasteiger partial charge < -0.3 is 9.47 Å². The van der Waals surface area contributed by atoms with E-state index in [1.54, 1.807) is 24.5 Å². The second-order valence-electron chi connectivity index (χ2n) is 2.23. The predicted octanol–water partition coefficient (Wildman–Crippen LogP) is 1.84. The first kappa shape index (κ1) is 9.86. The van der Waals surface area contributed by atoms with Crippen molar-refractivity contribution in [3.8, 4) is 11.5 Å². The van der Waals surface area contributed by atoms with E-state index >= 15 is 0 Å². The van der Waals surface area contributed by atoms with Crippen LogP contribution in [0.2, 0.25) is 5.02 Å². The van der Waals surface area contributed by atoms with Crippen LogP contribution in [-0.4, -0.2) is 20.0 Å². The highest BCUT2D eigenvalue weighted by Gasteiger charge is 2.01. The van der Waals surface area contributed by atoms with Gasteiger partial charge in [-0.15, -0.1) is 0 Å². The monoisotopic (exact) mass is 199 g/mol. The fraction of sp³-hybridized carbons (Fsp3) is 0.222. The molecule has 1 aromatic carbocycles. The number of rotatable bonds is 4. The van der Waals surface area contributed by atoms with E-state index in [1.807, 2.05) is 0 Å². The third kappa shape index (κ3) is 2.63. The number of hydrogen-bond acceptors (Lipinski definition) is 3. The Bertz CT molecular complexity index is 299. The van der Waals surface area contributed by atoms with Crippen LogP contribution in [0, 0.1) is 0 Å². The van der Waals surface area contributed by atoms with Crippen LogP contribution in [0.3, 0.4) is 0 Å². The SMILES string of the molecule is COc1ccc(OC[C]=O)cc1Cl. The minimum absolute atomic E-state index is 0.0946. The van der Waals surface area contributed by atoms with Crippen molar-refractivity contribution in [3.63, 3.8) is 0 Å². The maximum atomic E-state index is 9.88. The maximum Gasteiger partial charge on any atom is 0.239 e. The highest BCUT2D eigenvalue weighted by molar-refractivity contribution is 6.32. The summed E-state index contributed by atoms with van der Waals surface area (Å²) in [6.45, 7) is -0.0946. The van der Waals surface area contributed by atoms with Crippen LogP contribution in [0.15, 0.2) is 18.2 Å². The van der Waals surface area contributed by atoms with E-state index in [0.717, 1.165) is 0 Å². The van der Waals surface area contributed by atoms with Gasteiger partial charge in [0.05, 0.1) is 12.1 Å². The van der Waals surface area contributed by atoms with Gasteiger partial charge in [-0.1, -0.05) is 11.6 Å². The largest absolute Gasteiger partial charge is 0.495 e. The van der Waals surface area contributed by atoms with Crippen molar-refractivity contribution < 1.29 is 14.3 Å². The molecule has 1 rings (SSSR count). The van der Waals surface area contributed by atoms with Crippen LogP contribution >= 0.6 is 11.6 Å². The summed E-state index contributed by atoms with van der Waals surface area (Å²) in [5.41, 5.74) is 0. The third-order valence-electron chi connectivity index (χ3n) is 1.42. The molecule has 0 aromatic heterocycles. The molecule has 0 heterocycles. The van der Waals surface area contributed by atoms with Crippen LogP contribution in [-0.2, 0) is 4.79 Å². The van der Waals surface area contributed by atoms with Gasteiger partial charge in [-0.25, -0.2) is 0 Å². The van der Waals surface area contributed by atoms with Gasteiger partial charge in [-0.05, 0) is 12.1 Å². The highest BCUT2D eigenvalue weighted by atomic mass is 35.5. The number of halogens is 1.